The molecule has 0 saturated heterocycles. The molecule has 9 rings (SSSR count). The van der Waals surface area contributed by atoms with Gasteiger partial charge in [-0.15, -0.1) is 0 Å². The molecule has 0 atom stereocenters. The third kappa shape index (κ3) is 4.51. The topological polar surface area (TPSA) is 17.0 Å². The average Bonchev–Trinajstić information content (AvgIpc) is 3.46. The minimum Gasteiger partial charge on any atom is -0.355 e. The Bertz CT molecular complexity index is 2560. The highest BCUT2D eigenvalue weighted by Crippen LogP contribution is 2.36. The van der Waals surface area contributed by atoms with Crippen molar-refractivity contribution in [1.82, 2.24) is 4.57 Å². The number of hydrogen-bond donors (Lipinski definition) is 1. The predicted molar refractivity (Wildman–Crippen MR) is 196 cm³/mol. The Labute approximate surface area is 267 Å². The van der Waals surface area contributed by atoms with Crippen LogP contribution in [0.3, 0.4) is 0 Å². The summed E-state index contributed by atoms with van der Waals surface area (Å²) in [6, 6.07) is 63.4. The number of anilines is 2. The molecule has 1 aromatic heterocycles. The van der Waals surface area contributed by atoms with Gasteiger partial charge in [-0.3, -0.25) is 0 Å². The van der Waals surface area contributed by atoms with Crippen LogP contribution < -0.4 is 5.32 Å². The Morgan fingerprint density at radius 1 is 0.326 bits per heavy atom. The van der Waals surface area contributed by atoms with Gasteiger partial charge >= 0.3 is 0 Å². The molecule has 0 aliphatic carbocycles. The molecule has 2 heteroatoms. The molecule has 0 radical (unpaired) electrons. The third-order valence-corrected chi connectivity index (χ3v) is 9.11. The molecule has 46 heavy (non-hydrogen) atoms. The summed E-state index contributed by atoms with van der Waals surface area (Å²) in [7, 11) is 0. The summed E-state index contributed by atoms with van der Waals surface area (Å²) < 4.78 is 2.36. The molecule has 0 spiro atoms. The maximum Gasteiger partial charge on any atom is 0.0541 e. The lowest BCUT2D eigenvalue weighted by Gasteiger charge is -2.12. The lowest BCUT2D eigenvalue weighted by Crippen LogP contribution is -1.92. The molecule has 1 N–H and O–H groups in total. The van der Waals surface area contributed by atoms with E-state index in [2.05, 4.69) is 186 Å². The normalized spacial score (nSPS) is 11.5. The van der Waals surface area contributed by atoms with E-state index in [4.69, 9.17) is 0 Å². The van der Waals surface area contributed by atoms with Crippen molar-refractivity contribution in [3.8, 4) is 27.9 Å². The number of para-hydroxylation sites is 2. The van der Waals surface area contributed by atoms with Gasteiger partial charge < -0.3 is 9.88 Å². The van der Waals surface area contributed by atoms with Crippen molar-refractivity contribution in [3.05, 3.63) is 176 Å². The van der Waals surface area contributed by atoms with E-state index >= 15 is 0 Å². The van der Waals surface area contributed by atoms with Crippen LogP contribution in [0.5, 0.6) is 0 Å². The van der Waals surface area contributed by atoms with E-state index in [1.807, 2.05) is 0 Å². The highest BCUT2D eigenvalue weighted by Gasteiger charge is 2.13. The van der Waals surface area contributed by atoms with Gasteiger partial charge in [0.1, 0.15) is 0 Å². The summed E-state index contributed by atoms with van der Waals surface area (Å²) >= 11 is 0. The van der Waals surface area contributed by atoms with Gasteiger partial charge in [0.05, 0.1) is 11.0 Å². The van der Waals surface area contributed by atoms with Crippen molar-refractivity contribution in [2.45, 2.75) is 0 Å². The molecule has 216 valence electrons. The van der Waals surface area contributed by atoms with Crippen LogP contribution in [0, 0.1) is 0 Å². The standard InChI is InChI=1S/C44H30N2/c1-2-15-38(16-3-1)46-43-19-7-6-18-40(43)42-28-35(23-25-44(42)46)33-12-8-11-32(26-33)34-13-9-14-36(27-34)45-37-24-22-31-21-20-30-10-4-5-17-39(30)41(31)29-37/h1-29,45H. The predicted octanol–water partition coefficient (Wildman–Crippen LogP) is 12.2. The first-order chi connectivity index (χ1) is 22.8. The Morgan fingerprint density at radius 3 is 1.78 bits per heavy atom. The molecule has 9 aromatic rings. The smallest absolute Gasteiger partial charge is 0.0541 e. The maximum atomic E-state index is 3.67. The van der Waals surface area contributed by atoms with Gasteiger partial charge in [-0.05, 0) is 104 Å². The van der Waals surface area contributed by atoms with Crippen LogP contribution in [0.4, 0.5) is 11.4 Å². The fourth-order valence-corrected chi connectivity index (χ4v) is 6.91. The van der Waals surface area contributed by atoms with Gasteiger partial charge in [-0.25, -0.2) is 0 Å². The van der Waals surface area contributed by atoms with Crippen LogP contribution in [-0.4, -0.2) is 4.57 Å². The zero-order valence-electron chi connectivity index (χ0n) is 25.2. The quantitative estimate of drug-likeness (QED) is 0.199. The zero-order chi connectivity index (χ0) is 30.5. The second kappa shape index (κ2) is 10.8. The Morgan fingerprint density at radius 2 is 0.935 bits per heavy atom. The van der Waals surface area contributed by atoms with Crippen molar-refractivity contribution < 1.29 is 0 Å². The molecule has 1 heterocycles. The van der Waals surface area contributed by atoms with E-state index in [-0.39, 0.29) is 0 Å². The van der Waals surface area contributed by atoms with Crippen molar-refractivity contribution in [1.29, 1.82) is 0 Å². The lowest BCUT2D eigenvalue weighted by molar-refractivity contribution is 1.18. The Kier molecular flexibility index (Phi) is 6.17. The SMILES string of the molecule is c1ccc(-n2c3ccccc3c3cc(-c4cccc(-c5cccc(Nc6ccc7ccc8ccccc8c7c6)c5)c4)ccc32)cc1. The summed E-state index contributed by atoms with van der Waals surface area (Å²) in [6.45, 7) is 0. The molecule has 0 bridgehead atoms. The molecule has 8 aromatic carbocycles. The summed E-state index contributed by atoms with van der Waals surface area (Å²) in [5, 5.41) is 11.2. The van der Waals surface area contributed by atoms with Crippen molar-refractivity contribution in [3.63, 3.8) is 0 Å². The summed E-state index contributed by atoms with van der Waals surface area (Å²) in [5.74, 6) is 0. The van der Waals surface area contributed by atoms with Gasteiger partial charge in [0, 0.05) is 27.8 Å². The van der Waals surface area contributed by atoms with E-state index in [1.54, 1.807) is 0 Å². The molecule has 0 aliphatic rings. The molecule has 0 unspecified atom stereocenters. The van der Waals surface area contributed by atoms with E-state index in [1.165, 1.54) is 71.3 Å². The Hall–Kier alpha value is -6.12. The molecular weight excluding hydrogens is 556 g/mol. The molecule has 0 aliphatic heterocycles. The third-order valence-electron chi connectivity index (χ3n) is 9.11. The van der Waals surface area contributed by atoms with Gasteiger partial charge in [0.2, 0.25) is 0 Å². The molecule has 0 fully saturated rings. The van der Waals surface area contributed by atoms with Crippen LogP contribution in [0.25, 0.3) is 71.3 Å². The fourth-order valence-electron chi connectivity index (χ4n) is 6.91. The number of benzene rings is 8. The minimum atomic E-state index is 1.07. The first-order valence-electron chi connectivity index (χ1n) is 15.8. The van der Waals surface area contributed by atoms with Crippen molar-refractivity contribution in [2.24, 2.45) is 0 Å². The maximum absolute atomic E-state index is 3.67. The number of aromatic nitrogens is 1. The van der Waals surface area contributed by atoms with E-state index < -0.39 is 0 Å². The van der Waals surface area contributed by atoms with Gasteiger partial charge in [0.25, 0.3) is 0 Å². The zero-order valence-corrected chi connectivity index (χ0v) is 25.2. The van der Waals surface area contributed by atoms with Gasteiger partial charge in [0.15, 0.2) is 0 Å². The summed E-state index contributed by atoms with van der Waals surface area (Å²) in [6.07, 6.45) is 0. The first kappa shape index (κ1) is 26.3. The molecule has 0 amide bonds. The van der Waals surface area contributed by atoms with Gasteiger partial charge in [-0.2, -0.15) is 0 Å². The van der Waals surface area contributed by atoms with Crippen LogP contribution in [-0.2, 0) is 0 Å². The fraction of sp³-hybridized carbons (Fsp3) is 0. The summed E-state index contributed by atoms with van der Waals surface area (Å²) in [5.41, 5.74) is 10.5. The van der Waals surface area contributed by atoms with Crippen molar-refractivity contribution in [2.75, 3.05) is 5.32 Å². The lowest BCUT2D eigenvalue weighted by atomic mass is 9.97. The molecule has 2 nitrogen and oxygen atoms in total. The van der Waals surface area contributed by atoms with E-state index in [9.17, 15) is 0 Å². The number of rotatable bonds is 5. The Balaban J connectivity index is 1.07. The van der Waals surface area contributed by atoms with Crippen LogP contribution in [0.1, 0.15) is 0 Å². The van der Waals surface area contributed by atoms with E-state index in [0.29, 0.717) is 0 Å². The second-order valence-corrected chi connectivity index (χ2v) is 11.9. The first-order valence-corrected chi connectivity index (χ1v) is 15.8. The number of fused-ring (bicyclic) bond motifs is 6. The average molecular weight is 587 g/mol. The van der Waals surface area contributed by atoms with Crippen LogP contribution >= 0.6 is 0 Å². The monoisotopic (exact) mass is 586 g/mol. The highest BCUT2D eigenvalue weighted by molar-refractivity contribution is 6.11. The molecule has 0 saturated carbocycles. The van der Waals surface area contributed by atoms with Crippen LogP contribution in [0.2, 0.25) is 0 Å². The largest absolute Gasteiger partial charge is 0.355 e. The van der Waals surface area contributed by atoms with E-state index in [0.717, 1.165) is 11.4 Å². The number of hydrogen-bond acceptors (Lipinski definition) is 1. The highest BCUT2D eigenvalue weighted by atomic mass is 15.0. The molecular formula is C44H30N2. The van der Waals surface area contributed by atoms with Gasteiger partial charge in [-0.1, -0.05) is 115 Å². The number of nitrogens with one attached hydrogen (secondary N) is 1. The number of nitrogens with zero attached hydrogens (tertiary/aromatic N) is 1. The van der Waals surface area contributed by atoms with Crippen molar-refractivity contribution >= 4 is 54.7 Å². The summed E-state index contributed by atoms with van der Waals surface area (Å²) in [4.78, 5) is 0. The minimum absolute atomic E-state index is 1.07. The second-order valence-electron chi connectivity index (χ2n) is 11.9. The van der Waals surface area contributed by atoms with Crippen LogP contribution in [0.15, 0.2) is 176 Å².